The number of ether oxygens (including phenoxy) is 1. The minimum absolute atomic E-state index is 0.156. The molecule has 0 aliphatic carbocycles. The molecule has 1 fully saturated rings. The summed E-state index contributed by atoms with van der Waals surface area (Å²) in [7, 11) is 0. The van der Waals surface area contributed by atoms with Crippen LogP contribution in [0.5, 0.6) is 0 Å². The van der Waals surface area contributed by atoms with Gasteiger partial charge in [0.2, 0.25) is 5.89 Å². The molecule has 1 atom stereocenters. The highest BCUT2D eigenvalue weighted by atomic mass is 16.6. The van der Waals surface area contributed by atoms with E-state index in [9.17, 15) is 9.59 Å². The lowest BCUT2D eigenvalue weighted by Gasteiger charge is -2.27. The molecule has 1 saturated heterocycles. The standard InChI is InChI=1S/C13H18N2O5/c1-13(2,3)20-12(18)15-6-4-5-9(15)10-14-8(7-19-10)11(16)17/h7,9H,4-6H2,1-3H3,(H,16,17). The van der Waals surface area contributed by atoms with Gasteiger partial charge in [0.25, 0.3) is 0 Å². The summed E-state index contributed by atoms with van der Waals surface area (Å²) in [6.07, 6.45) is 2.13. The molecular formula is C13H18N2O5. The zero-order chi connectivity index (χ0) is 14.9. The lowest BCUT2D eigenvalue weighted by molar-refractivity contribution is 0.0204. The first kappa shape index (κ1) is 14.4. The number of likely N-dealkylation sites (tertiary alicyclic amines) is 1. The van der Waals surface area contributed by atoms with Gasteiger partial charge in [0.05, 0.1) is 0 Å². The van der Waals surface area contributed by atoms with Crippen molar-refractivity contribution in [1.82, 2.24) is 9.88 Å². The van der Waals surface area contributed by atoms with Gasteiger partial charge in [-0.25, -0.2) is 14.6 Å². The summed E-state index contributed by atoms with van der Waals surface area (Å²) in [6, 6.07) is -0.363. The van der Waals surface area contributed by atoms with Crippen molar-refractivity contribution in [3.8, 4) is 0 Å². The number of aromatic carboxylic acids is 1. The Morgan fingerprint density at radius 1 is 1.50 bits per heavy atom. The van der Waals surface area contributed by atoms with Crippen molar-refractivity contribution in [2.45, 2.75) is 45.3 Å². The van der Waals surface area contributed by atoms with Crippen molar-refractivity contribution in [1.29, 1.82) is 0 Å². The number of carboxylic acid groups (broad SMARTS) is 1. The van der Waals surface area contributed by atoms with E-state index in [1.165, 1.54) is 4.90 Å². The number of oxazole rings is 1. The molecule has 1 aliphatic rings. The Kier molecular flexibility index (Phi) is 3.69. The minimum Gasteiger partial charge on any atom is -0.476 e. The first-order chi connectivity index (χ1) is 9.28. The zero-order valence-electron chi connectivity index (χ0n) is 11.8. The molecule has 1 amide bonds. The lowest BCUT2D eigenvalue weighted by atomic mass is 10.2. The number of hydrogen-bond donors (Lipinski definition) is 1. The molecule has 1 unspecified atom stereocenters. The third kappa shape index (κ3) is 3.09. The Morgan fingerprint density at radius 3 is 2.75 bits per heavy atom. The van der Waals surface area contributed by atoms with Gasteiger partial charge in [-0.05, 0) is 33.6 Å². The quantitative estimate of drug-likeness (QED) is 0.895. The second-order valence-corrected chi connectivity index (χ2v) is 5.71. The summed E-state index contributed by atoms with van der Waals surface area (Å²) in [5.41, 5.74) is -0.733. The summed E-state index contributed by atoms with van der Waals surface area (Å²) >= 11 is 0. The Balaban J connectivity index is 2.14. The first-order valence-electron chi connectivity index (χ1n) is 6.46. The van der Waals surface area contributed by atoms with Gasteiger partial charge in [-0.2, -0.15) is 0 Å². The fourth-order valence-corrected chi connectivity index (χ4v) is 2.10. The number of hydrogen-bond acceptors (Lipinski definition) is 5. The molecule has 0 bridgehead atoms. The normalized spacial score (nSPS) is 19.1. The van der Waals surface area contributed by atoms with Gasteiger partial charge in [0.15, 0.2) is 5.69 Å². The molecule has 2 rings (SSSR count). The smallest absolute Gasteiger partial charge is 0.410 e. The van der Waals surface area contributed by atoms with Crippen LogP contribution in [0.25, 0.3) is 0 Å². The molecule has 1 N–H and O–H groups in total. The van der Waals surface area contributed by atoms with Gasteiger partial charge in [-0.3, -0.25) is 4.90 Å². The van der Waals surface area contributed by atoms with Crippen molar-refractivity contribution in [3.05, 3.63) is 17.8 Å². The second-order valence-electron chi connectivity index (χ2n) is 5.71. The largest absolute Gasteiger partial charge is 0.476 e. The molecule has 2 heterocycles. The van der Waals surface area contributed by atoms with Crippen LogP contribution in [0, 0.1) is 0 Å². The number of aromatic nitrogens is 1. The summed E-state index contributed by atoms with van der Waals surface area (Å²) in [5, 5.41) is 8.84. The molecule has 1 aromatic heterocycles. The van der Waals surface area contributed by atoms with Crippen LogP contribution in [0.15, 0.2) is 10.7 Å². The molecule has 110 valence electrons. The van der Waals surface area contributed by atoms with Gasteiger partial charge >= 0.3 is 12.1 Å². The molecule has 7 heteroatoms. The van der Waals surface area contributed by atoms with Crippen LogP contribution in [-0.2, 0) is 4.74 Å². The highest BCUT2D eigenvalue weighted by Crippen LogP contribution is 2.32. The van der Waals surface area contributed by atoms with Gasteiger partial charge in [-0.15, -0.1) is 0 Å². The molecular weight excluding hydrogens is 264 g/mol. The van der Waals surface area contributed by atoms with E-state index in [1.54, 1.807) is 20.8 Å². The summed E-state index contributed by atoms with van der Waals surface area (Å²) < 4.78 is 10.5. The van der Waals surface area contributed by atoms with Gasteiger partial charge in [-0.1, -0.05) is 0 Å². The maximum absolute atomic E-state index is 12.1. The fourth-order valence-electron chi connectivity index (χ4n) is 2.10. The summed E-state index contributed by atoms with van der Waals surface area (Å²) in [5.74, 6) is -0.910. The molecule has 0 radical (unpaired) electrons. The van der Waals surface area contributed by atoms with Crippen LogP contribution in [-0.4, -0.2) is 39.2 Å². The first-order valence-corrected chi connectivity index (χ1v) is 6.46. The highest BCUT2D eigenvalue weighted by molar-refractivity contribution is 5.84. The van der Waals surface area contributed by atoms with E-state index < -0.39 is 17.7 Å². The molecule has 1 aliphatic heterocycles. The summed E-state index contributed by atoms with van der Waals surface area (Å²) in [4.78, 5) is 28.3. The second kappa shape index (κ2) is 5.15. The van der Waals surface area contributed by atoms with E-state index in [-0.39, 0.29) is 17.6 Å². The van der Waals surface area contributed by atoms with Crippen molar-refractivity contribution in [2.24, 2.45) is 0 Å². The topological polar surface area (TPSA) is 92.9 Å². The summed E-state index contributed by atoms with van der Waals surface area (Å²) in [6.45, 7) is 5.93. The third-order valence-electron chi connectivity index (χ3n) is 2.91. The van der Waals surface area contributed by atoms with Gasteiger partial charge < -0.3 is 14.3 Å². The molecule has 0 saturated carbocycles. The van der Waals surface area contributed by atoms with Crippen LogP contribution < -0.4 is 0 Å². The Bertz CT molecular complexity index is 517. The van der Waals surface area contributed by atoms with Gasteiger partial charge in [0.1, 0.15) is 17.9 Å². The maximum atomic E-state index is 12.1. The molecule has 0 spiro atoms. The monoisotopic (exact) mass is 282 g/mol. The lowest BCUT2D eigenvalue weighted by Crippen LogP contribution is -2.36. The van der Waals surface area contributed by atoms with E-state index in [0.717, 1.165) is 12.7 Å². The van der Waals surface area contributed by atoms with E-state index in [1.807, 2.05) is 0 Å². The van der Waals surface area contributed by atoms with Crippen molar-refractivity contribution in [3.63, 3.8) is 0 Å². The van der Waals surface area contributed by atoms with Crippen molar-refractivity contribution in [2.75, 3.05) is 6.54 Å². The number of rotatable bonds is 2. The SMILES string of the molecule is CC(C)(C)OC(=O)N1CCCC1c1nc(C(=O)O)co1. The average Bonchev–Trinajstić information content (AvgIpc) is 2.95. The molecule has 7 nitrogen and oxygen atoms in total. The minimum atomic E-state index is -1.15. The van der Waals surface area contributed by atoms with Crippen molar-refractivity contribution >= 4 is 12.1 Å². The fraction of sp³-hybridized carbons (Fsp3) is 0.615. The maximum Gasteiger partial charge on any atom is 0.410 e. The van der Waals surface area contributed by atoms with E-state index in [4.69, 9.17) is 14.3 Å². The van der Waals surface area contributed by atoms with Crippen LogP contribution in [0.4, 0.5) is 4.79 Å². The molecule has 20 heavy (non-hydrogen) atoms. The molecule has 1 aromatic rings. The predicted molar refractivity (Wildman–Crippen MR) is 68.4 cm³/mol. The van der Waals surface area contributed by atoms with Crippen LogP contribution in [0.1, 0.15) is 56.0 Å². The Hall–Kier alpha value is -2.05. The van der Waals surface area contributed by atoms with Crippen LogP contribution >= 0.6 is 0 Å². The van der Waals surface area contributed by atoms with E-state index >= 15 is 0 Å². The van der Waals surface area contributed by atoms with E-state index in [0.29, 0.717) is 13.0 Å². The number of carboxylic acids is 1. The average molecular weight is 282 g/mol. The third-order valence-corrected chi connectivity index (χ3v) is 2.91. The van der Waals surface area contributed by atoms with Gasteiger partial charge in [0, 0.05) is 6.54 Å². The number of nitrogens with zero attached hydrogens (tertiary/aromatic N) is 2. The number of carbonyl (C=O) groups is 2. The van der Waals surface area contributed by atoms with Crippen LogP contribution in [0.2, 0.25) is 0 Å². The van der Waals surface area contributed by atoms with E-state index in [2.05, 4.69) is 4.98 Å². The predicted octanol–water partition coefficient (Wildman–Crippen LogP) is 2.44. The zero-order valence-corrected chi connectivity index (χ0v) is 11.8. The van der Waals surface area contributed by atoms with Crippen LogP contribution in [0.3, 0.4) is 0 Å². The number of carbonyl (C=O) groups excluding carboxylic acids is 1. The number of amides is 1. The molecule has 0 aromatic carbocycles. The Morgan fingerprint density at radius 2 is 2.20 bits per heavy atom. The Labute approximate surface area is 116 Å². The van der Waals surface area contributed by atoms with Crippen molar-refractivity contribution < 1.29 is 23.8 Å². The highest BCUT2D eigenvalue weighted by Gasteiger charge is 2.36.